The van der Waals surface area contributed by atoms with Crippen molar-refractivity contribution in [2.24, 2.45) is 0 Å². The van der Waals surface area contributed by atoms with E-state index in [-0.39, 0.29) is 38.6 Å². The number of carbonyl (C=O) groups is 3. The first-order valence-corrected chi connectivity index (χ1v) is 35.3. The van der Waals surface area contributed by atoms with E-state index >= 15 is 0 Å². The highest BCUT2D eigenvalue weighted by Gasteiger charge is 2.22. The molecule has 9 nitrogen and oxygen atoms in total. The molecule has 0 saturated heterocycles. The van der Waals surface area contributed by atoms with Crippen molar-refractivity contribution in [1.29, 1.82) is 0 Å². The Morgan fingerprint density at radius 3 is 0.977 bits per heavy atom. The summed E-state index contributed by atoms with van der Waals surface area (Å²) in [6.07, 6.45) is 93.8. The molecule has 0 N–H and O–H groups in total. The molecule has 0 aromatic rings. The number of nitrogens with zero attached hydrogens (tertiary/aromatic N) is 1. The van der Waals surface area contributed by atoms with Crippen LogP contribution in [0.2, 0.25) is 0 Å². The first kappa shape index (κ1) is 82.4. The Balaban J connectivity index is 4.15. The predicted molar refractivity (Wildman–Crippen MR) is 370 cm³/mol. The van der Waals surface area contributed by atoms with Crippen molar-refractivity contribution in [3.8, 4) is 0 Å². The molecule has 0 aromatic heterocycles. The molecule has 9 heteroatoms. The fourth-order valence-electron chi connectivity index (χ4n) is 9.50. The van der Waals surface area contributed by atoms with Crippen molar-refractivity contribution in [2.45, 2.75) is 296 Å². The number of esters is 2. The second-order valence-electron chi connectivity index (χ2n) is 24.4. The number of quaternary nitrogens is 1. The molecule has 0 spiro atoms. The van der Waals surface area contributed by atoms with Crippen LogP contribution in [0.3, 0.4) is 0 Å². The molecular weight excluding hydrogens is 1080 g/mol. The molecule has 0 heterocycles. The molecule has 0 aromatic carbocycles. The number of ether oxygens (including phenoxy) is 4. The summed E-state index contributed by atoms with van der Waals surface area (Å²) in [5.41, 5.74) is 0. The van der Waals surface area contributed by atoms with Gasteiger partial charge in [-0.1, -0.05) is 289 Å². The third-order valence-corrected chi connectivity index (χ3v) is 14.9. The van der Waals surface area contributed by atoms with Gasteiger partial charge in [0, 0.05) is 12.8 Å². The minimum atomic E-state index is -1.63. The Kier molecular flexibility index (Phi) is 63.8. The topological polar surface area (TPSA) is 111 Å². The summed E-state index contributed by atoms with van der Waals surface area (Å²) < 4.78 is 22.8. The molecule has 0 saturated carbocycles. The van der Waals surface area contributed by atoms with Gasteiger partial charge in [0.2, 0.25) is 0 Å². The van der Waals surface area contributed by atoms with Gasteiger partial charge in [0.15, 0.2) is 12.4 Å². The van der Waals surface area contributed by atoms with Crippen molar-refractivity contribution in [1.82, 2.24) is 0 Å². The lowest BCUT2D eigenvalue weighted by molar-refractivity contribution is -0.870. The second kappa shape index (κ2) is 67.4. The van der Waals surface area contributed by atoms with Crippen LogP contribution in [0.4, 0.5) is 0 Å². The number of likely N-dealkylation sites (N-methyl/N-ethyl adjacent to an activating group) is 1. The molecule has 2 unspecified atom stereocenters. The summed E-state index contributed by atoms with van der Waals surface area (Å²) in [6, 6.07) is 0. The van der Waals surface area contributed by atoms with Gasteiger partial charge in [0.05, 0.1) is 40.3 Å². The highest BCUT2D eigenvalue weighted by Crippen LogP contribution is 2.16. The van der Waals surface area contributed by atoms with Crippen LogP contribution in [0.15, 0.2) is 134 Å². The minimum Gasteiger partial charge on any atom is -0.545 e. The maximum Gasteiger partial charge on any atom is 0.306 e. The zero-order valence-corrected chi connectivity index (χ0v) is 56.6. The van der Waals surface area contributed by atoms with Crippen molar-refractivity contribution in [2.75, 3.05) is 47.5 Å². The first-order valence-electron chi connectivity index (χ1n) is 35.3. The monoisotopic (exact) mass is 1210 g/mol. The van der Waals surface area contributed by atoms with E-state index in [4.69, 9.17) is 18.9 Å². The van der Waals surface area contributed by atoms with E-state index in [2.05, 4.69) is 148 Å². The van der Waals surface area contributed by atoms with E-state index in [1.165, 1.54) is 148 Å². The van der Waals surface area contributed by atoms with E-state index in [1.807, 2.05) is 21.1 Å². The van der Waals surface area contributed by atoms with Crippen molar-refractivity contribution in [3.63, 3.8) is 0 Å². The largest absolute Gasteiger partial charge is 0.545 e. The molecule has 0 aliphatic rings. The van der Waals surface area contributed by atoms with Gasteiger partial charge in [0.1, 0.15) is 13.2 Å². The normalized spacial score (nSPS) is 13.5. The van der Waals surface area contributed by atoms with Gasteiger partial charge in [-0.3, -0.25) is 9.59 Å². The van der Waals surface area contributed by atoms with Crippen LogP contribution in [0.5, 0.6) is 0 Å². The van der Waals surface area contributed by atoms with Crippen molar-refractivity contribution >= 4 is 17.9 Å². The zero-order chi connectivity index (χ0) is 63.3. The fraction of sp³-hybridized carbons (Fsp3) is 0.679. The van der Waals surface area contributed by atoms with E-state index < -0.39 is 24.3 Å². The average Bonchev–Trinajstić information content (AvgIpc) is 3.57. The number of aliphatic carboxylic acids is 1. The van der Waals surface area contributed by atoms with Gasteiger partial charge < -0.3 is 33.3 Å². The predicted octanol–water partition coefficient (Wildman–Crippen LogP) is 20.8. The molecule has 0 aliphatic heterocycles. The Hall–Kier alpha value is -4.57. The van der Waals surface area contributed by atoms with Crippen molar-refractivity contribution in [3.05, 3.63) is 134 Å². The molecule has 0 aliphatic carbocycles. The van der Waals surface area contributed by atoms with Crippen molar-refractivity contribution < 1.29 is 42.9 Å². The Bertz CT molecular complexity index is 1890. The standard InChI is InChI=1S/C78H131NO8/c1-6-8-10-12-14-16-18-20-22-24-26-28-30-32-33-34-35-36-37-38-39-40-41-42-43-45-47-49-51-53-55-57-59-61-63-65-67-69-76(81)87-74(73-86-78(77(82)83)84-71-70-79(3,4)5)72-85-75(80)68-66-64-62-60-58-56-54-52-50-48-46-44-31-29-27-25-23-21-19-17-15-13-11-9-7-2/h8,10,14,16,19-22,25-28,31-33,35-36,38-39,41-42,44,74,78H,6-7,9,11-13,15,17-18,23-24,29-30,34,37,40,43,45-73H2,1-5H3/b10-8-,16-14-,21-19-,22-20-,27-25-,28-26-,33-32-,36-35-,39-38-,42-41-,44-31-. The third kappa shape index (κ3) is 68.8. The van der Waals surface area contributed by atoms with Crippen LogP contribution in [-0.2, 0) is 33.3 Å². The van der Waals surface area contributed by atoms with Gasteiger partial charge in [-0.05, 0) is 116 Å². The zero-order valence-electron chi connectivity index (χ0n) is 56.6. The summed E-state index contributed by atoms with van der Waals surface area (Å²) in [5, 5.41) is 11.8. The number of unbranched alkanes of at least 4 members (excludes halogenated alkanes) is 27. The Morgan fingerprint density at radius 1 is 0.356 bits per heavy atom. The molecule has 2 atom stereocenters. The quantitative estimate of drug-likeness (QED) is 0.0195. The van der Waals surface area contributed by atoms with Gasteiger partial charge >= 0.3 is 11.9 Å². The lowest BCUT2D eigenvalue weighted by Gasteiger charge is -2.26. The molecule has 0 radical (unpaired) electrons. The maximum atomic E-state index is 12.9. The number of carboxylic acid groups (broad SMARTS) is 1. The number of hydrogen-bond donors (Lipinski definition) is 0. The lowest BCUT2D eigenvalue weighted by Crippen LogP contribution is -2.44. The van der Waals surface area contributed by atoms with Gasteiger partial charge in [0.25, 0.3) is 0 Å². The maximum absolute atomic E-state index is 12.9. The van der Waals surface area contributed by atoms with E-state index in [1.54, 1.807) is 0 Å². The Labute approximate surface area is 535 Å². The number of allylic oxidation sites excluding steroid dienone is 22. The summed E-state index contributed by atoms with van der Waals surface area (Å²) in [6.45, 7) is 4.62. The molecule has 0 amide bonds. The third-order valence-electron chi connectivity index (χ3n) is 14.9. The molecular formula is C78H131NO8. The number of carbonyl (C=O) groups excluding carboxylic acids is 3. The second-order valence-corrected chi connectivity index (χ2v) is 24.4. The van der Waals surface area contributed by atoms with Crippen LogP contribution in [0.25, 0.3) is 0 Å². The first-order chi connectivity index (χ1) is 42.6. The van der Waals surface area contributed by atoms with Gasteiger partial charge in [-0.25, -0.2) is 0 Å². The van der Waals surface area contributed by atoms with Crippen LogP contribution in [-0.4, -0.2) is 82.3 Å². The summed E-state index contributed by atoms with van der Waals surface area (Å²) in [4.78, 5) is 37.5. The minimum absolute atomic E-state index is 0.141. The molecule has 0 rings (SSSR count). The summed E-state index contributed by atoms with van der Waals surface area (Å²) in [7, 11) is 5.92. The highest BCUT2D eigenvalue weighted by molar-refractivity contribution is 5.70. The van der Waals surface area contributed by atoms with Crippen LogP contribution in [0, 0.1) is 0 Å². The SMILES string of the molecule is CC/C=C\C/C=C\C/C=C\C/C=C\C/C=C\C/C=C\C/C=C\C/C=C\CCCCCCCCCCCCCCC(=O)OC(COC(=O)CCCCCCCCCCCC/C=C\C/C=C\C/C=C\CCCCCCC)COC(OCC[N+](C)(C)C)C(=O)[O-]. The van der Waals surface area contributed by atoms with Gasteiger partial charge in [-0.15, -0.1) is 0 Å². The number of hydrogen-bond acceptors (Lipinski definition) is 8. The number of carboxylic acids is 1. The molecule has 496 valence electrons. The van der Waals surface area contributed by atoms with Crippen LogP contribution < -0.4 is 5.11 Å². The molecule has 87 heavy (non-hydrogen) atoms. The number of rotatable bonds is 64. The van der Waals surface area contributed by atoms with E-state index in [9.17, 15) is 19.5 Å². The summed E-state index contributed by atoms with van der Waals surface area (Å²) in [5.74, 6) is -2.29. The van der Waals surface area contributed by atoms with Crippen LogP contribution in [0.1, 0.15) is 284 Å². The fourth-order valence-corrected chi connectivity index (χ4v) is 9.50. The lowest BCUT2D eigenvalue weighted by atomic mass is 10.0. The smallest absolute Gasteiger partial charge is 0.306 e. The average molecular weight is 1210 g/mol. The summed E-state index contributed by atoms with van der Waals surface area (Å²) >= 11 is 0. The molecule has 0 bridgehead atoms. The van der Waals surface area contributed by atoms with E-state index in [0.717, 1.165) is 103 Å². The molecule has 0 fully saturated rings. The Morgan fingerprint density at radius 2 is 0.655 bits per heavy atom. The van der Waals surface area contributed by atoms with E-state index in [0.29, 0.717) is 17.4 Å². The van der Waals surface area contributed by atoms with Gasteiger partial charge in [-0.2, -0.15) is 0 Å². The highest BCUT2D eigenvalue weighted by atomic mass is 16.7. The van der Waals surface area contributed by atoms with Crippen LogP contribution >= 0.6 is 0 Å².